The molecule has 1 saturated heterocycles. The van der Waals surface area contributed by atoms with Gasteiger partial charge in [-0.3, -0.25) is 9.69 Å². The first-order chi connectivity index (χ1) is 14.6. The summed E-state index contributed by atoms with van der Waals surface area (Å²) in [4.78, 5) is 21.4. The number of hydrogen-bond donors (Lipinski definition) is 1. The molecule has 0 unspecified atom stereocenters. The summed E-state index contributed by atoms with van der Waals surface area (Å²) in [6.07, 6.45) is 2.41. The van der Waals surface area contributed by atoms with E-state index in [1.807, 2.05) is 36.4 Å². The van der Waals surface area contributed by atoms with E-state index >= 15 is 0 Å². The van der Waals surface area contributed by atoms with Crippen LogP contribution in [-0.2, 0) is 4.79 Å². The standard InChI is InChI=1S/C22H24Cl2N4OS/c23-16-8-9-19(17(24)15-16)28-13-11-27(12-14-28)10-4-3-7-21(29)26-22-25-18-5-1-2-6-20(18)30-22/h1-2,5-6,8-9,15H,3-4,7,10-14H2,(H,25,26,29). The molecule has 2 heterocycles. The maximum atomic E-state index is 12.2. The number of anilines is 2. The van der Waals surface area contributed by atoms with Crippen LogP contribution in [0.3, 0.4) is 0 Å². The van der Waals surface area contributed by atoms with Gasteiger partial charge in [0.15, 0.2) is 5.13 Å². The summed E-state index contributed by atoms with van der Waals surface area (Å²) in [6.45, 7) is 4.89. The molecule has 158 valence electrons. The van der Waals surface area contributed by atoms with Crippen LogP contribution in [0, 0.1) is 0 Å². The van der Waals surface area contributed by atoms with Crippen LogP contribution in [0.15, 0.2) is 42.5 Å². The number of aromatic nitrogens is 1. The van der Waals surface area contributed by atoms with Gasteiger partial charge >= 0.3 is 0 Å². The zero-order valence-electron chi connectivity index (χ0n) is 16.6. The van der Waals surface area contributed by atoms with Crippen molar-refractivity contribution in [3.05, 3.63) is 52.5 Å². The third-order valence-electron chi connectivity index (χ3n) is 5.29. The molecular weight excluding hydrogens is 439 g/mol. The van der Waals surface area contributed by atoms with E-state index in [9.17, 15) is 4.79 Å². The van der Waals surface area contributed by atoms with Crippen molar-refractivity contribution in [2.45, 2.75) is 19.3 Å². The molecule has 0 radical (unpaired) electrons. The number of nitrogens with one attached hydrogen (secondary N) is 1. The van der Waals surface area contributed by atoms with Crippen molar-refractivity contribution in [3.63, 3.8) is 0 Å². The maximum Gasteiger partial charge on any atom is 0.226 e. The quantitative estimate of drug-likeness (QED) is 0.468. The molecule has 8 heteroatoms. The van der Waals surface area contributed by atoms with Gasteiger partial charge in [-0.2, -0.15) is 0 Å². The molecule has 1 aliphatic rings. The van der Waals surface area contributed by atoms with Gasteiger partial charge in [0.25, 0.3) is 0 Å². The van der Waals surface area contributed by atoms with Crippen LogP contribution in [0.1, 0.15) is 19.3 Å². The number of carbonyl (C=O) groups excluding carboxylic acids is 1. The molecule has 0 aliphatic carbocycles. The van der Waals surface area contributed by atoms with Crippen molar-refractivity contribution in [1.82, 2.24) is 9.88 Å². The average molecular weight is 463 g/mol. The van der Waals surface area contributed by atoms with Crippen LogP contribution < -0.4 is 10.2 Å². The summed E-state index contributed by atoms with van der Waals surface area (Å²) in [5, 5.41) is 4.97. The summed E-state index contributed by atoms with van der Waals surface area (Å²) in [5.74, 6) is 0.0382. The van der Waals surface area contributed by atoms with Crippen LogP contribution in [-0.4, -0.2) is 48.5 Å². The van der Waals surface area contributed by atoms with Gasteiger partial charge in [-0.25, -0.2) is 4.98 Å². The monoisotopic (exact) mass is 462 g/mol. The highest BCUT2D eigenvalue weighted by molar-refractivity contribution is 7.22. The summed E-state index contributed by atoms with van der Waals surface area (Å²) in [6, 6.07) is 13.6. The van der Waals surface area contributed by atoms with Gasteiger partial charge in [0.2, 0.25) is 5.91 Å². The Bertz CT molecular complexity index is 984. The van der Waals surface area contributed by atoms with Gasteiger partial charge in [-0.05, 0) is 49.7 Å². The van der Waals surface area contributed by atoms with Crippen molar-refractivity contribution in [2.24, 2.45) is 0 Å². The fraction of sp³-hybridized carbons (Fsp3) is 0.364. The maximum absolute atomic E-state index is 12.2. The minimum atomic E-state index is 0.0382. The second-order valence-corrected chi connectivity index (χ2v) is 9.29. The molecule has 1 N–H and O–H groups in total. The first-order valence-corrected chi connectivity index (χ1v) is 11.7. The number of nitrogens with zero attached hydrogens (tertiary/aromatic N) is 3. The molecule has 0 atom stereocenters. The Kier molecular flexibility index (Phi) is 7.10. The summed E-state index contributed by atoms with van der Waals surface area (Å²) >= 11 is 13.8. The molecule has 30 heavy (non-hydrogen) atoms. The lowest BCUT2D eigenvalue weighted by Gasteiger charge is -2.36. The summed E-state index contributed by atoms with van der Waals surface area (Å²) < 4.78 is 1.09. The number of thiazole rings is 1. The van der Waals surface area contributed by atoms with Crippen LogP contribution in [0.2, 0.25) is 10.0 Å². The molecule has 0 spiro atoms. The largest absolute Gasteiger partial charge is 0.368 e. The van der Waals surface area contributed by atoms with Crippen LogP contribution in [0.4, 0.5) is 10.8 Å². The van der Waals surface area contributed by atoms with Gasteiger partial charge in [-0.1, -0.05) is 46.7 Å². The molecule has 5 nitrogen and oxygen atoms in total. The topological polar surface area (TPSA) is 48.5 Å². The van der Waals surface area contributed by atoms with E-state index < -0.39 is 0 Å². The highest BCUT2D eigenvalue weighted by atomic mass is 35.5. The Labute approximate surface area is 190 Å². The molecule has 3 aromatic rings. The molecule has 0 saturated carbocycles. The van der Waals surface area contributed by atoms with Crippen LogP contribution in [0.25, 0.3) is 10.2 Å². The number of unbranched alkanes of at least 4 members (excludes halogenated alkanes) is 1. The highest BCUT2D eigenvalue weighted by Gasteiger charge is 2.19. The number of fused-ring (bicyclic) bond motifs is 1. The Hall–Kier alpha value is -1.86. The number of rotatable bonds is 7. The zero-order chi connectivity index (χ0) is 20.9. The van der Waals surface area contributed by atoms with E-state index in [1.165, 1.54) is 11.3 Å². The van der Waals surface area contributed by atoms with Crippen molar-refractivity contribution >= 4 is 61.5 Å². The van der Waals surface area contributed by atoms with E-state index in [2.05, 4.69) is 20.1 Å². The number of piperazine rings is 1. The number of carbonyl (C=O) groups is 1. The molecule has 1 amide bonds. The van der Waals surface area contributed by atoms with Crippen molar-refractivity contribution < 1.29 is 4.79 Å². The number of halogens is 2. The Morgan fingerprint density at radius 2 is 1.87 bits per heavy atom. The third-order valence-corrected chi connectivity index (χ3v) is 6.78. The molecule has 0 bridgehead atoms. The zero-order valence-corrected chi connectivity index (χ0v) is 18.9. The van der Waals surface area contributed by atoms with Crippen molar-refractivity contribution in [2.75, 3.05) is 42.9 Å². The number of para-hydroxylation sites is 1. The molecule has 1 aromatic heterocycles. The van der Waals surface area contributed by atoms with Gasteiger partial charge in [0.05, 0.1) is 20.9 Å². The number of hydrogen-bond acceptors (Lipinski definition) is 5. The van der Waals surface area contributed by atoms with Crippen molar-refractivity contribution in [3.8, 4) is 0 Å². The van der Waals surface area contributed by atoms with Gasteiger partial charge < -0.3 is 10.2 Å². The fourth-order valence-corrected chi connectivity index (χ4v) is 5.09. The van der Waals surface area contributed by atoms with Gasteiger partial charge in [0, 0.05) is 37.6 Å². The van der Waals surface area contributed by atoms with E-state index in [0.29, 0.717) is 21.6 Å². The first kappa shape index (κ1) is 21.4. The summed E-state index contributed by atoms with van der Waals surface area (Å²) in [5.41, 5.74) is 1.98. The predicted molar refractivity (Wildman–Crippen MR) is 127 cm³/mol. The Morgan fingerprint density at radius 1 is 1.07 bits per heavy atom. The average Bonchev–Trinajstić information content (AvgIpc) is 3.14. The van der Waals surface area contributed by atoms with E-state index in [4.69, 9.17) is 23.2 Å². The lowest BCUT2D eigenvalue weighted by atomic mass is 10.2. The Balaban J connectivity index is 1.15. The number of amides is 1. The van der Waals surface area contributed by atoms with Crippen LogP contribution in [0.5, 0.6) is 0 Å². The van der Waals surface area contributed by atoms with Crippen LogP contribution >= 0.6 is 34.5 Å². The minimum Gasteiger partial charge on any atom is -0.368 e. The SMILES string of the molecule is O=C(CCCCN1CCN(c2ccc(Cl)cc2Cl)CC1)Nc1nc2ccccc2s1. The lowest BCUT2D eigenvalue weighted by Crippen LogP contribution is -2.46. The molecule has 2 aromatic carbocycles. The normalized spacial score (nSPS) is 14.9. The molecular formula is C22H24Cl2N4OS. The minimum absolute atomic E-state index is 0.0382. The van der Waals surface area contributed by atoms with Gasteiger partial charge in [-0.15, -0.1) is 0 Å². The number of benzene rings is 2. The smallest absolute Gasteiger partial charge is 0.226 e. The lowest BCUT2D eigenvalue weighted by molar-refractivity contribution is -0.116. The summed E-state index contributed by atoms with van der Waals surface area (Å²) in [7, 11) is 0. The molecule has 1 aliphatic heterocycles. The highest BCUT2D eigenvalue weighted by Crippen LogP contribution is 2.29. The second-order valence-electron chi connectivity index (χ2n) is 7.42. The Morgan fingerprint density at radius 3 is 2.63 bits per heavy atom. The fourth-order valence-electron chi connectivity index (χ4n) is 3.68. The third kappa shape index (κ3) is 5.43. The molecule has 1 fully saturated rings. The van der Waals surface area contributed by atoms with E-state index in [0.717, 1.165) is 61.5 Å². The van der Waals surface area contributed by atoms with E-state index in [-0.39, 0.29) is 5.91 Å². The van der Waals surface area contributed by atoms with E-state index in [1.54, 1.807) is 6.07 Å². The van der Waals surface area contributed by atoms with Gasteiger partial charge in [0.1, 0.15) is 0 Å². The van der Waals surface area contributed by atoms with Crippen molar-refractivity contribution in [1.29, 1.82) is 0 Å². The first-order valence-electron chi connectivity index (χ1n) is 10.2. The predicted octanol–water partition coefficient (Wildman–Crippen LogP) is 5.53. The molecule has 4 rings (SSSR count). The second kappa shape index (κ2) is 9.96.